The molecule has 3 heterocycles. The number of benzene rings is 2. The first-order valence-corrected chi connectivity index (χ1v) is 11.2. The normalized spacial score (nSPS) is 13.4. The lowest BCUT2D eigenvalue weighted by Gasteiger charge is -2.06. The fourth-order valence-corrected chi connectivity index (χ4v) is 4.68. The van der Waals surface area contributed by atoms with Crippen molar-refractivity contribution in [2.75, 3.05) is 6.79 Å². The van der Waals surface area contributed by atoms with Crippen LogP contribution in [-0.2, 0) is 6.54 Å². The average Bonchev–Trinajstić information content (AvgIpc) is 3.46. The predicted octanol–water partition coefficient (Wildman–Crippen LogP) is 2.47. The molecule has 1 aliphatic heterocycles. The number of ketones is 1. The van der Waals surface area contributed by atoms with Gasteiger partial charge in [-0.05, 0) is 35.9 Å². The van der Waals surface area contributed by atoms with Crippen molar-refractivity contribution < 1.29 is 14.3 Å². The van der Waals surface area contributed by atoms with E-state index >= 15 is 0 Å². The molecule has 5 rings (SSSR count). The van der Waals surface area contributed by atoms with E-state index in [1.165, 1.54) is 4.57 Å². The van der Waals surface area contributed by atoms with Crippen molar-refractivity contribution in [3.8, 4) is 17.6 Å². The molecule has 0 radical (unpaired) electrons. The number of hydrogen-bond donors (Lipinski definition) is 0. The Balaban J connectivity index is 1.71. The minimum absolute atomic E-state index is 0.0882. The molecule has 7 nitrogen and oxygen atoms in total. The summed E-state index contributed by atoms with van der Waals surface area (Å²) in [6, 6.07) is 21.4. The molecule has 34 heavy (non-hydrogen) atoms. The van der Waals surface area contributed by atoms with Gasteiger partial charge in [-0.2, -0.15) is 5.26 Å². The third-order valence-electron chi connectivity index (χ3n) is 5.24. The second-order valence-electron chi connectivity index (χ2n) is 7.43. The van der Waals surface area contributed by atoms with Crippen LogP contribution in [0.2, 0.25) is 0 Å². The molecule has 0 atom stereocenters. The lowest BCUT2D eigenvalue weighted by molar-refractivity contribution is 0.105. The topological polar surface area (TPSA) is 94.2 Å². The smallest absolute Gasteiger partial charge is 0.269 e. The summed E-state index contributed by atoms with van der Waals surface area (Å²) in [6.07, 6.45) is 3.30. The zero-order valence-corrected chi connectivity index (χ0v) is 18.6. The van der Waals surface area contributed by atoms with Crippen molar-refractivity contribution >= 4 is 28.8 Å². The molecule has 0 fully saturated rings. The quantitative estimate of drug-likeness (QED) is 0.419. The van der Waals surface area contributed by atoms with Gasteiger partial charge in [-0.1, -0.05) is 42.5 Å². The Morgan fingerprint density at radius 3 is 2.65 bits per heavy atom. The zero-order chi connectivity index (χ0) is 23.5. The molecule has 0 saturated heterocycles. The van der Waals surface area contributed by atoms with Gasteiger partial charge in [0.15, 0.2) is 11.5 Å². The minimum atomic E-state index is -0.437. The highest BCUT2D eigenvalue weighted by molar-refractivity contribution is 7.07. The molecule has 0 unspecified atom stereocenters. The Labute approximate surface area is 198 Å². The van der Waals surface area contributed by atoms with Gasteiger partial charge in [0.25, 0.3) is 5.56 Å². The van der Waals surface area contributed by atoms with E-state index in [1.807, 2.05) is 18.2 Å². The van der Waals surface area contributed by atoms with E-state index in [2.05, 4.69) is 4.98 Å². The number of carbonyl (C=O) groups excluding carboxylic acids is 1. The largest absolute Gasteiger partial charge is 0.454 e. The summed E-state index contributed by atoms with van der Waals surface area (Å²) in [6.45, 7) is 0.300. The SMILES string of the molecule is N#CC(C(=O)c1ccccc1)=c1sc(=Cc2ccccn2)c(=O)n1Cc1ccc2c(c1)OCO2. The van der Waals surface area contributed by atoms with E-state index in [9.17, 15) is 14.9 Å². The highest BCUT2D eigenvalue weighted by atomic mass is 32.1. The number of carbonyl (C=O) groups is 1. The minimum Gasteiger partial charge on any atom is -0.454 e. The number of hydrogen-bond acceptors (Lipinski definition) is 7. The summed E-state index contributed by atoms with van der Waals surface area (Å²) in [5.41, 5.74) is 1.37. The number of ether oxygens (including phenoxy) is 2. The van der Waals surface area contributed by atoms with E-state index < -0.39 is 5.78 Å². The molecule has 0 bridgehead atoms. The third-order valence-corrected chi connectivity index (χ3v) is 6.37. The van der Waals surface area contributed by atoms with Gasteiger partial charge < -0.3 is 9.47 Å². The second-order valence-corrected chi connectivity index (χ2v) is 8.46. The third kappa shape index (κ3) is 4.12. The lowest BCUT2D eigenvalue weighted by atomic mass is 10.1. The van der Waals surface area contributed by atoms with Gasteiger partial charge in [0.05, 0.1) is 16.8 Å². The van der Waals surface area contributed by atoms with Crippen molar-refractivity contribution in [2.24, 2.45) is 0 Å². The Morgan fingerprint density at radius 2 is 1.88 bits per heavy atom. The Kier molecular flexibility index (Phi) is 5.77. The van der Waals surface area contributed by atoms with Crippen LogP contribution in [0.25, 0.3) is 11.6 Å². The summed E-state index contributed by atoms with van der Waals surface area (Å²) < 4.78 is 12.9. The number of aromatic nitrogens is 2. The van der Waals surface area contributed by atoms with E-state index in [0.29, 0.717) is 32.0 Å². The monoisotopic (exact) mass is 467 g/mol. The van der Waals surface area contributed by atoms with Crippen LogP contribution in [0.3, 0.4) is 0 Å². The second kappa shape index (κ2) is 9.17. The lowest BCUT2D eigenvalue weighted by Crippen LogP contribution is -2.33. The van der Waals surface area contributed by atoms with Crippen molar-refractivity contribution in [1.82, 2.24) is 9.55 Å². The van der Waals surface area contributed by atoms with E-state index in [4.69, 9.17) is 9.47 Å². The van der Waals surface area contributed by atoms with E-state index in [1.54, 1.807) is 66.9 Å². The molecule has 0 spiro atoms. The zero-order valence-electron chi connectivity index (χ0n) is 17.8. The summed E-state index contributed by atoms with van der Waals surface area (Å²) in [5.74, 6) is 0.787. The molecule has 166 valence electrons. The van der Waals surface area contributed by atoms with Gasteiger partial charge >= 0.3 is 0 Å². The Bertz CT molecular complexity index is 1600. The van der Waals surface area contributed by atoms with Crippen molar-refractivity contribution in [3.63, 3.8) is 0 Å². The predicted molar refractivity (Wildman–Crippen MR) is 127 cm³/mol. The van der Waals surface area contributed by atoms with Gasteiger partial charge in [0.1, 0.15) is 16.3 Å². The van der Waals surface area contributed by atoms with Crippen molar-refractivity contribution in [3.05, 3.63) is 109 Å². The first-order valence-electron chi connectivity index (χ1n) is 10.4. The molecular formula is C26H17N3O4S. The number of nitriles is 1. The van der Waals surface area contributed by atoms with Crippen LogP contribution in [0.5, 0.6) is 11.5 Å². The van der Waals surface area contributed by atoms with Crippen molar-refractivity contribution in [2.45, 2.75) is 6.54 Å². The van der Waals surface area contributed by atoms with E-state index in [0.717, 1.165) is 16.9 Å². The highest BCUT2D eigenvalue weighted by Crippen LogP contribution is 2.32. The average molecular weight is 468 g/mol. The molecular weight excluding hydrogens is 450 g/mol. The van der Waals surface area contributed by atoms with Crippen LogP contribution in [0.1, 0.15) is 21.6 Å². The first kappa shape index (κ1) is 21.4. The van der Waals surface area contributed by atoms with Gasteiger partial charge in [-0.3, -0.25) is 19.1 Å². The molecule has 0 saturated carbocycles. The summed E-state index contributed by atoms with van der Waals surface area (Å²) in [7, 11) is 0. The molecule has 2 aromatic heterocycles. The number of pyridine rings is 1. The standard InChI is InChI=1S/C26H17N3O4S/c27-14-20(24(30)18-6-2-1-3-7-18)26-29(15-17-9-10-21-22(12-17)33-16-32-21)25(31)23(34-26)13-19-8-4-5-11-28-19/h1-13H,15-16H2. The van der Waals surface area contributed by atoms with Gasteiger partial charge in [0.2, 0.25) is 12.6 Å². The highest BCUT2D eigenvalue weighted by Gasteiger charge is 2.19. The summed E-state index contributed by atoms with van der Waals surface area (Å²) >= 11 is 1.10. The van der Waals surface area contributed by atoms with Crippen LogP contribution >= 0.6 is 11.3 Å². The van der Waals surface area contributed by atoms with Crippen LogP contribution < -0.4 is 24.2 Å². The maximum atomic E-state index is 13.4. The molecule has 1 aliphatic rings. The molecule has 0 N–H and O–H groups in total. The molecule has 0 amide bonds. The molecule has 0 aliphatic carbocycles. The Hall–Kier alpha value is -4.48. The van der Waals surface area contributed by atoms with Gasteiger partial charge in [0, 0.05) is 11.8 Å². The fraction of sp³-hybridized carbons (Fsp3) is 0.0769. The van der Waals surface area contributed by atoms with Crippen LogP contribution in [0.4, 0.5) is 0 Å². The Morgan fingerprint density at radius 1 is 1.09 bits per heavy atom. The molecule has 8 heteroatoms. The molecule has 2 aromatic carbocycles. The van der Waals surface area contributed by atoms with Gasteiger partial charge in [-0.15, -0.1) is 11.3 Å². The maximum Gasteiger partial charge on any atom is 0.269 e. The number of fused-ring (bicyclic) bond motifs is 1. The summed E-state index contributed by atoms with van der Waals surface area (Å²) in [4.78, 5) is 30.9. The number of nitrogens with zero attached hydrogens (tertiary/aromatic N) is 3. The van der Waals surface area contributed by atoms with Crippen molar-refractivity contribution in [1.29, 1.82) is 5.26 Å². The number of thiazole rings is 1. The van der Waals surface area contributed by atoms with Crippen LogP contribution in [0.15, 0.2) is 77.7 Å². The fourth-order valence-electron chi connectivity index (χ4n) is 3.60. The van der Waals surface area contributed by atoms with Gasteiger partial charge in [-0.25, -0.2) is 0 Å². The molecule has 4 aromatic rings. The summed E-state index contributed by atoms with van der Waals surface area (Å²) in [5, 5.41) is 9.94. The maximum absolute atomic E-state index is 13.4. The first-order chi connectivity index (χ1) is 16.6. The van der Waals surface area contributed by atoms with E-state index in [-0.39, 0.29) is 24.5 Å². The van der Waals surface area contributed by atoms with Crippen LogP contribution in [-0.4, -0.2) is 22.1 Å². The number of rotatable bonds is 5. The number of Topliss-reactive ketones (excluding diaryl/α,β-unsaturated/α-hetero) is 1. The van der Waals surface area contributed by atoms with Crippen LogP contribution in [0, 0.1) is 11.3 Å².